The zero-order chi connectivity index (χ0) is 15.2. The molecule has 1 aromatic heterocycles. The van der Waals surface area contributed by atoms with Crippen LogP contribution in [0.1, 0.15) is 33.1 Å². The van der Waals surface area contributed by atoms with Gasteiger partial charge in [0.2, 0.25) is 5.91 Å². The molecule has 6 nitrogen and oxygen atoms in total. The summed E-state index contributed by atoms with van der Waals surface area (Å²) in [5, 5.41) is 3.05. The van der Waals surface area contributed by atoms with Crippen molar-refractivity contribution in [1.29, 1.82) is 0 Å². The van der Waals surface area contributed by atoms with Gasteiger partial charge in [0.15, 0.2) is 0 Å². The molecule has 6 heteroatoms. The number of hydrogen-bond acceptors (Lipinski definition) is 5. The summed E-state index contributed by atoms with van der Waals surface area (Å²) in [5.74, 6) is -0.0860. The number of rotatable bonds is 6. The Morgan fingerprint density at radius 1 is 1.33 bits per heavy atom. The van der Waals surface area contributed by atoms with Gasteiger partial charge in [-0.15, -0.1) is 0 Å². The number of fused-ring (bicyclic) bond motifs is 1. The van der Waals surface area contributed by atoms with E-state index in [9.17, 15) is 9.59 Å². The Labute approximate surface area is 122 Å². The van der Waals surface area contributed by atoms with Crippen LogP contribution in [0, 0.1) is 0 Å². The van der Waals surface area contributed by atoms with Gasteiger partial charge in [0.05, 0.1) is 17.5 Å². The second-order valence-electron chi connectivity index (χ2n) is 4.65. The molecule has 0 aliphatic rings. The molecule has 112 valence electrons. The van der Waals surface area contributed by atoms with Crippen molar-refractivity contribution in [3.63, 3.8) is 0 Å². The first kappa shape index (κ1) is 15.0. The quantitative estimate of drug-likeness (QED) is 0.884. The molecule has 0 unspecified atom stereocenters. The number of ether oxygens (including phenoxy) is 1. The average Bonchev–Trinajstić information content (AvgIpc) is 2.46. The van der Waals surface area contributed by atoms with Gasteiger partial charge in [-0.3, -0.25) is 4.79 Å². The molecule has 0 saturated carbocycles. The summed E-state index contributed by atoms with van der Waals surface area (Å²) in [7, 11) is 0. The maximum absolute atomic E-state index is 11.9. The predicted octanol–water partition coefficient (Wildman–Crippen LogP) is 2.72. The number of nitrogens with one attached hydrogen (secondary N) is 1. The minimum atomic E-state index is -0.530. The Balaban J connectivity index is 2.29. The van der Waals surface area contributed by atoms with E-state index in [1.54, 1.807) is 18.2 Å². The average molecular weight is 290 g/mol. The Morgan fingerprint density at radius 2 is 2.14 bits per heavy atom. The molecule has 2 aromatic rings. The van der Waals surface area contributed by atoms with E-state index >= 15 is 0 Å². The van der Waals surface area contributed by atoms with Gasteiger partial charge in [0, 0.05) is 12.1 Å². The topological polar surface area (TPSA) is 81.4 Å². The molecular weight excluding hydrogens is 272 g/mol. The molecule has 0 bridgehead atoms. The first-order valence-corrected chi connectivity index (χ1v) is 7.01. The Morgan fingerprint density at radius 3 is 2.86 bits per heavy atom. The van der Waals surface area contributed by atoms with Crippen LogP contribution < -0.4 is 15.7 Å². The number of aromatic nitrogens is 1. The van der Waals surface area contributed by atoms with Crippen molar-refractivity contribution in [2.45, 2.75) is 33.1 Å². The zero-order valence-corrected chi connectivity index (χ0v) is 12.1. The minimum absolute atomic E-state index is 0.0304. The van der Waals surface area contributed by atoms with E-state index in [2.05, 4.69) is 10.3 Å². The smallest absolute Gasteiger partial charge is 0.397 e. The van der Waals surface area contributed by atoms with Gasteiger partial charge in [-0.1, -0.05) is 13.8 Å². The summed E-state index contributed by atoms with van der Waals surface area (Å²) < 4.78 is 10.2. The second-order valence-corrected chi connectivity index (χ2v) is 4.65. The van der Waals surface area contributed by atoms with Crippen LogP contribution in [0.2, 0.25) is 0 Å². The Bertz CT molecular complexity index is 694. The van der Waals surface area contributed by atoms with Crippen molar-refractivity contribution in [3.05, 3.63) is 28.6 Å². The maximum atomic E-state index is 11.9. The third kappa shape index (κ3) is 3.81. The highest BCUT2D eigenvalue weighted by Gasteiger charge is 2.09. The van der Waals surface area contributed by atoms with E-state index in [4.69, 9.17) is 9.15 Å². The largest absolute Gasteiger partial charge is 0.450 e. The lowest BCUT2D eigenvalue weighted by molar-refractivity contribution is -0.116. The first-order chi connectivity index (χ1) is 10.1. The fourth-order valence-electron chi connectivity index (χ4n) is 1.83. The molecule has 0 saturated heterocycles. The van der Waals surface area contributed by atoms with Crippen molar-refractivity contribution >= 4 is 22.5 Å². The third-order valence-electron chi connectivity index (χ3n) is 2.80. The Hall–Kier alpha value is -2.37. The molecule has 0 spiro atoms. The van der Waals surface area contributed by atoms with Gasteiger partial charge in [0.1, 0.15) is 0 Å². The van der Waals surface area contributed by atoms with Crippen molar-refractivity contribution in [2.75, 3.05) is 11.9 Å². The summed E-state index contributed by atoms with van der Waals surface area (Å²) in [6.07, 6.45) is 1.97. The summed E-state index contributed by atoms with van der Waals surface area (Å²) in [6, 6.07) is 4.92. The summed E-state index contributed by atoms with van der Waals surface area (Å²) in [4.78, 5) is 27.6. The fraction of sp³-hybridized carbons (Fsp3) is 0.400. The number of hydrogen-bond donors (Lipinski definition) is 1. The van der Waals surface area contributed by atoms with Crippen LogP contribution >= 0.6 is 0 Å². The second kappa shape index (κ2) is 6.88. The van der Waals surface area contributed by atoms with Crippen LogP contribution in [0.15, 0.2) is 27.4 Å². The molecule has 0 fully saturated rings. The number of benzene rings is 1. The molecule has 1 amide bonds. The minimum Gasteiger partial charge on any atom is -0.450 e. The number of anilines is 1. The van der Waals surface area contributed by atoms with E-state index in [0.717, 1.165) is 12.8 Å². The number of carbonyl (C=O) groups excluding carboxylic acids is 1. The van der Waals surface area contributed by atoms with Gasteiger partial charge in [-0.05, 0) is 31.0 Å². The molecule has 1 N–H and O–H groups in total. The van der Waals surface area contributed by atoms with E-state index in [1.807, 2.05) is 13.8 Å². The molecule has 2 rings (SSSR count). The van der Waals surface area contributed by atoms with E-state index in [1.165, 1.54) is 0 Å². The molecule has 0 radical (unpaired) electrons. The van der Waals surface area contributed by atoms with Crippen LogP contribution in [0.5, 0.6) is 6.08 Å². The van der Waals surface area contributed by atoms with Crippen LogP contribution in [0.3, 0.4) is 0 Å². The van der Waals surface area contributed by atoms with Crippen molar-refractivity contribution in [3.8, 4) is 6.08 Å². The lowest BCUT2D eigenvalue weighted by atomic mass is 10.2. The lowest BCUT2D eigenvalue weighted by Crippen LogP contribution is -2.11. The molecule has 21 heavy (non-hydrogen) atoms. The van der Waals surface area contributed by atoms with Gasteiger partial charge >= 0.3 is 11.7 Å². The van der Waals surface area contributed by atoms with Crippen molar-refractivity contribution in [2.24, 2.45) is 0 Å². The zero-order valence-electron chi connectivity index (χ0n) is 12.1. The van der Waals surface area contributed by atoms with Crippen molar-refractivity contribution < 1.29 is 13.9 Å². The van der Waals surface area contributed by atoms with E-state index in [0.29, 0.717) is 29.6 Å². The molecule has 0 atom stereocenters. The number of carbonyl (C=O) groups is 1. The highest BCUT2D eigenvalue weighted by Crippen LogP contribution is 2.17. The normalized spacial score (nSPS) is 10.6. The van der Waals surface area contributed by atoms with Gasteiger partial charge < -0.3 is 14.5 Å². The van der Waals surface area contributed by atoms with Crippen molar-refractivity contribution in [1.82, 2.24) is 4.98 Å². The number of amides is 1. The molecule has 0 aliphatic heterocycles. The molecular formula is C15H18N2O4. The van der Waals surface area contributed by atoms with E-state index < -0.39 is 5.63 Å². The predicted molar refractivity (Wildman–Crippen MR) is 79.6 cm³/mol. The Kier molecular flexibility index (Phi) is 4.92. The monoisotopic (exact) mass is 290 g/mol. The van der Waals surface area contributed by atoms with Crippen LogP contribution in [0.4, 0.5) is 5.69 Å². The lowest BCUT2D eigenvalue weighted by Gasteiger charge is -2.06. The van der Waals surface area contributed by atoms with Gasteiger partial charge in [-0.2, -0.15) is 4.98 Å². The van der Waals surface area contributed by atoms with E-state index in [-0.39, 0.29) is 12.0 Å². The fourth-order valence-corrected chi connectivity index (χ4v) is 1.83. The standard InChI is InChI=1S/C15H18N2O4/c1-3-5-13(18)16-10-6-7-12-11(9-10)14(19)21-15(17-12)20-8-4-2/h6-7,9H,3-5,8H2,1-2H3,(H,16,18). The van der Waals surface area contributed by atoms with Gasteiger partial charge in [0.25, 0.3) is 0 Å². The van der Waals surface area contributed by atoms with Crippen LogP contribution in [0.25, 0.3) is 10.9 Å². The van der Waals surface area contributed by atoms with Crippen LogP contribution in [-0.2, 0) is 4.79 Å². The summed E-state index contributed by atoms with van der Waals surface area (Å²) in [5.41, 5.74) is 0.501. The third-order valence-corrected chi connectivity index (χ3v) is 2.80. The SMILES string of the molecule is CCCOc1nc2ccc(NC(=O)CCC)cc2c(=O)o1. The summed E-state index contributed by atoms with van der Waals surface area (Å²) >= 11 is 0. The maximum Gasteiger partial charge on any atom is 0.397 e. The highest BCUT2D eigenvalue weighted by molar-refractivity contribution is 5.93. The molecule has 1 heterocycles. The molecule has 1 aromatic carbocycles. The molecule has 0 aliphatic carbocycles. The first-order valence-electron chi connectivity index (χ1n) is 7.01. The van der Waals surface area contributed by atoms with Crippen LogP contribution in [-0.4, -0.2) is 17.5 Å². The summed E-state index contributed by atoms with van der Waals surface area (Å²) in [6.45, 7) is 4.31. The number of nitrogens with zero attached hydrogens (tertiary/aromatic N) is 1. The highest BCUT2D eigenvalue weighted by atomic mass is 16.6. The van der Waals surface area contributed by atoms with Gasteiger partial charge in [-0.25, -0.2) is 4.79 Å².